The van der Waals surface area contributed by atoms with E-state index in [1.165, 1.54) is 6.42 Å². The fraction of sp³-hybridized carbons (Fsp3) is 0.391. The highest BCUT2D eigenvalue weighted by atomic mass is 16.2. The summed E-state index contributed by atoms with van der Waals surface area (Å²) < 4.78 is 0. The summed E-state index contributed by atoms with van der Waals surface area (Å²) in [5.41, 5.74) is 3.77. The van der Waals surface area contributed by atoms with Gasteiger partial charge < -0.3 is 15.5 Å². The van der Waals surface area contributed by atoms with Gasteiger partial charge in [-0.25, -0.2) is 0 Å². The van der Waals surface area contributed by atoms with Gasteiger partial charge in [-0.05, 0) is 62.4 Å². The minimum absolute atomic E-state index is 0.0885. The molecule has 1 saturated heterocycles. The third-order valence-electron chi connectivity index (χ3n) is 5.12. The van der Waals surface area contributed by atoms with Crippen LogP contribution in [-0.2, 0) is 0 Å². The van der Waals surface area contributed by atoms with Crippen molar-refractivity contribution in [3.63, 3.8) is 0 Å². The molecule has 2 aromatic carbocycles. The molecule has 2 N–H and O–H groups in total. The Morgan fingerprint density at radius 3 is 2.43 bits per heavy atom. The van der Waals surface area contributed by atoms with Crippen molar-refractivity contribution in [2.75, 3.05) is 29.9 Å². The molecule has 2 amide bonds. The molecule has 0 bridgehead atoms. The Morgan fingerprint density at radius 2 is 1.71 bits per heavy atom. The predicted molar refractivity (Wildman–Crippen MR) is 114 cm³/mol. The first-order valence-electron chi connectivity index (χ1n) is 10.1. The number of hydrogen-bond acceptors (Lipinski definition) is 3. The van der Waals surface area contributed by atoms with Gasteiger partial charge in [-0.15, -0.1) is 0 Å². The number of nitrogens with zero attached hydrogens (tertiary/aromatic N) is 1. The van der Waals surface area contributed by atoms with Gasteiger partial charge >= 0.3 is 0 Å². The molecule has 3 rings (SSSR count). The van der Waals surface area contributed by atoms with Crippen LogP contribution in [0.25, 0.3) is 0 Å². The van der Waals surface area contributed by atoms with Crippen molar-refractivity contribution < 1.29 is 9.59 Å². The van der Waals surface area contributed by atoms with E-state index in [9.17, 15) is 9.59 Å². The average Bonchev–Trinajstić information content (AvgIpc) is 2.73. The van der Waals surface area contributed by atoms with E-state index in [4.69, 9.17) is 0 Å². The minimum Gasteiger partial charge on any atom is -0.371 e. The summed E-state index contributed by atoms with van der Waals surface area (Å²) >= 11 is 0. The molecular weight excluding hydrogens is 350 g/mol. The van der Waals surface area contributed by atoms with Crippen LogP contribution < -0.4 is 15.5 Å². The molecule has 0 unspecified atom stereocenters. The van der Waals surface area contributed by atoms with Crippen molar-refractivity contribution in [2.45, 2.75) is 39.5 Å². The first-order valence-corrected chi connectivity index (χ1v) is 10.1. The Kier molecular flexibility index (Phi) is 6.69. The molecule has 1 heterocycles. The van der Waals surface area contributed by atoms with Crippen LogP contribution in [0.4, 0.5) is 11.4 Å². The Hall–Kier alpha value is -2.82. The number of carbonyl (C=O) groups excluding carboxylic acids is 2. The lowest BCUT2D eigenvalue weighted by atomic mass is 10.0. The van der Waals surface area contributed by atoms with E-state index in [0.717, 1.165) is 43.6 Å². The number of carbonyl (C=O) groups is 2. The molecule has 1 aliphatic heterocycles. The third kappa shape index (κ3) is 4.71. The van der Waals surface area contributed by atoms with Gasteiger partial charge in [0.15, 0.2) is 0 Å². The zero-order valence-corrected chi connectivity index (χ0v) is 16.8. The number of piperidine rings is 1. The van der Waals surface area contributed by atoms with Crippen molar-refractivity contribution in [3.05, 3.63) is 59.2 Å². The monoisotopic (exact) mass is 379 g/mol. The summed E-state index contributed by atoms with van der Waals surface area (Å²) in [6.45, 7) is 6.51. The number of hydrogen-bond donors (Lipinski definition) is 2. The van der Waals surface area contributed by atoms with E-state index in [0.29, 0.717) is 23.4 Å². The molecule has 0 atom stereocenters. The molecule has 5 heteroatoms. The first-order chi connectivity index (χ1) is 13.6. The highest BCUT2D eigenvalue weighted by Crippen LogP contribution is 2.27. The summed E-state index contributed by atoms with van der Waals surface area (Å²) in [4.78, 5) is 27.7. The zero-order chi connectivity index (χ0) is 19.9. The van der Waals surface area contributed by atoms with E-state index in [1.54, 1.807) is 6.07 Å². The lowest BCUT2D eigenvalue weighted by Gasteiger charge is -2.30. The Morgan fingerprint density at radius 1 is 0.964 bits per heavy atom. The zero-order valence-electron chi connectivity index (χ0n) is 16.8. The van der Waals surface area contributed by atoms with Gasteiger partial charge in [-0.2, -0.15) is 0 Å². The fourth-order valence-electron chi connectivity index (χ4n) is 3.57. The first kappa shape index (κ1) is 19.9. The number of aryl methyl sites for hydroxylation is 1. The van der Waals surface area contributed by atoms with Crippen LogP contribution in [0.2, 0.25) is 0 Å². The Balaban J connectivity index is 1.87. The van der Waals surface area contributed by atoms with E-state index in [-0.39, 0.29) is 11.8 Å². The number of anilines is 2. The van der Waals surface area contributed by atoms with Crippen LogP contribution in [0.15, 0.2) is 42.5 Å². The topological polar surface area (TPSA) is 61.4 Å². The maximum Gasteiger partial charge on any atom is 0.255 e. The van der Waals surface area contributed by atoms with Crippen molar-refractivity contribution in [2.24, 2.45) is 0 Å². The van der Waals surface area contributed by atoms with Crippen molar-refractivity contribution >= 4 is 23.2 Å². The highest BCUT2D eigenvalue weighted by molar-refractivity contribution is 6.07. The maximum absolute atomic E-state index is 12.8. The van der Waals surface area contributed by atoms with Gasteiger partial charge in [-0.3, -0.25) is 9.59 Å². The smallest absolute Gasteiger partial charge is 0.255 e. The van der Waals surface area contributed by atoms with Crippen molar-refractivity contribution in [1.82, 2.24) is 5.32 Å². The molecule has 1 fully saturated rings. The molecule has 28 heavy (non-hydrogen) atoms. The third-order valence-corrected chi connectivity index (χ3v) is 5.12. The van der Waals surface area contributed by atoms with Gasteiger partial charge in [-0.1, -0.05) is 25.1 Å². The van der Waals surface area contributed by atoms with Crippen molar-refractivity contribution in [3.8, 4) is 0 Å². The molecule has 5 nitrogen and oxygen atoms in total. The highest BCUT2D eigenvalue weighted by Gasteiger charge is 2.20. The molecular formula is C23H29N3O2. The van der Waals surface area contributed by atoms with E-state index in [2.05, 4.69) is 15.5 Å². The second-order valence-corrected chi connectivity index (χ2v) is 7.30. The van der Waals surface area contributed by atoms with Crippen molar-refractivity contribution in [1.29, 1.82) is 0 Å². The molecule has 148 valence electrons. The molecule has 0 spiro atoms. The van der Waals surface area contributed by atoms with Gasteiger partial charge in [0.05, 0.1) is 5.56 Å². The van der Waals surface area contributed by atoms with Crippen LogP contribution in [0.1, 0.15) is 58.9 Å². The summed E-state index contributed by atoms with van der Waals surface area (Å²) in [7, 11) is 0. The molecule has 0 radical (unpaired) electrons. The summed E-state index contributed by atoms with van der Waals surface area (Å²) in [5.74, 6) is -0.252. The molecule has 0 aromatic heterocycles. The lowest BCUT2D eigenvalue weighted by molar-refractivity contribution is 0.0952. The normalized spacial score (nSPS) is 13.9. The largest absolute Gasteiger partial charge is 0.371 e. The predicted octanol–water partition coefficient (Wildman–Crippen LogP) is 4.38. The quantitative estimate of drug-likeness (QED) is 0.783. The average molecular weight is 380 g/mol. The van der Waals surface area contributed by atoms with Gasteiger partial charge in [0.2, 0.25) is 0 Å². The minimum atomic E-state index is -0.163. The summed E-state index contributed by atoms with van der Waals surface area (Å²) in [5, 5.41) is 5.91. The molecule has 0 saturated carbocycles. The van der Waals surface area contributed by atoms with Crippen LogP contribution in [0, 0.1) is 6.92 Å². The van der Waals surface area contributed by atoms with E-state index >= 15 is 0 Å². The van der Waals surface area contributed by atoms with Gasteiger partial charge in [0.25, 0.3) is 11.8 Å². The summed E-state index contributed by atoms with van der Waals surface area (Å²) in [6.07, 6.45) is 4.40. The SMILES string of the molecule is CCCNC(=O)c1cc(NC(=O)c2ccccc2C)ccc1N1CCCCC1. The second-order valence-electron chi connectivity index (χ2n) is 7.30. The standard InChI is InChI=1S/C23H29N3O2/c1-3-13-24-22(27)20-16-18(11-12-21(20)26-14-7-4-8-15-26)25-23(28)19-10-6-5-9-17(19)2/h5-6,9-12,16H,3-4,7-8,13-15H2,1-2H3,(H,24,27)(H,25,28). The van der Waals surface area contributed by atoms with Crippen LogP contribution in [0.5, 0.6) is 0 Å². The van der Waals surface area contributed by atoms with Crippen LogP contribution in [-0.4, -0.2) is 31.4 Å². The lowest BCUT2D eigenvalue weighted by Crippen LogP contribution is -2.33. The van der Waals surface area contributed by atoms with Crippen LogP contribution >= 0.6 is 0 Å². The molecule has 2 aromatic rings. The Labute approximate surface area is 167 Å². The maximum atomic E-state index is 12.8. The summed E-state index contributed by atoms with van der Waals surface area (Å²) in [6, 6.07) is 13.1. The number of rotatable bonds is 6. The molecule has 1 aliphatic rings. The van der Waals surface area contributed by atoms with Gasteiger partial charge in [0, 0.05) is 36.6 Å². The fourth-order valence-corrected chi connectivity index (χ4v) is 3.57. The number of amides is 2. The van der Waals surface area contributed by atoms with Gasteiger partial charge in [0.1, 0.15) is 0 Å². The van der Waals surface area contributed by atoms with E-state index < -0.39 is 0 Å². The van der Waals surface area contributed by atoms with Crippen LogP contribution in [0.3, 0.4) is 0 Å². The van der Waals surface area contributed by atoms with E-state index in [1.807, 2.05) is 50.2 Å². The number of nitrogens with one attached hydrogen (secondary N) is 2. The Bertz CT molecular complexity index is 841. The molecule has 0 aliphatic carbocycles. The second kappa shape index (κ2) is 9.40. The number of benzene rings is 2.